The van der Waals surface area contributed by atoms with Crippen LogP contribution in [0.5, 0.6) is 0 Å². The van der Waals surface area contributed by atoms with Gasteiger partial charge in [-0.15, -0.1) is 0 Å². The average Bonchev–Trinajstić information content (AvgIpc) is 3.07. The van der Waals surface area contributed by atoms with E-state index in [9.17, 15) is 37.1 Å². The molecule has 0 bridgehead atoms. The first-order valence-electron chi connectivity index (χ1n) is 17.1. The third-order valence-corrected chi connectivity index (χ3v) is 8.53. The van der Waals surface area contributed by atoms with Gasteiger partial charge in [0.15, 0.2) is 5.67 Å². The first kappa shape index (κ1) is 50.3. The molecule has 2 aromatic rings. The number of likely N-dealkylation sites (tertiary alicyclic amines) is 2. The molecular formula is C36H46Br2F4N6O9. The van der Waals surface area contributed by atoms with Crippen LogP contribution in [0.1, 0.15) is 87.9 Å². The smallest absolute Gasteiger partial charge is 0.410 e. The number of nitrogens with zero attached hydrogens (tertiary/aromatic N) is 2. The van der Waals surface area contributed by atoms with Gasteiger partial charge in [-0.3, -0.25) is 14.4 Å². The Hall–Kier alpha value is -4.75. The van der Waals surface area contributed by atoms with Gasteiger partial charge in [0, 0.05) is 48.0 Å². The van der Waals surface area contributed by atoms with E-state index in [0.717, 1.165) is 6.07 Å². The van der Waals surface area contributed by atoms with E-state index in [1.54, 1.807) is 25.7 Å². The minimum atomic E-state index is -2.33. The highest BCUT2D eigenvalue weighted by atomic mass is 79.9. The van der Waals surface area contributed by atoms with Gasteiger partial charge in [0.1, 0.15) is 29.0 Å². The zero-order valence-electron chi connectivity index (χ0n) is 32.1. The maximum absolute atomic E-state index is 15.1. The Kier molecular flexibility index (Phi) is 19.1. The lowest BCUT2D eigenvalue weighted by Crippen LogP contribution is -2.51. The van der Waals surface area contributed by atoms with Crippen LogP contribution in [0, 0.1) is 11.6 Å². The first-order valence-corrected chi connectivity index (χ1v) is 18.7. The number of alkyl halides is 2. The molecular weight excluding hydrogens is 896 g/mol. The molecule has 15 nitrogen and oxygen atoms in total. The highest BCUT2D eigenvalue weighted by Gasteiger charge is 2.44. The van der Waals surface area contributed by atoms with Crippen molar-refractivity contribution in [3.05, 3.63) is 56.0 Å². The molecule has 0 unspecified atom stereocenters. The monoisotopic (exact) mass is 940 g/mol. The summed E-state index contributed by atoms with van der Waals surface area (Å²) in [6.07, 6.45) is -1.15. The van der Waals surface area contributed by atoms with E-state index in [1.165, 1.54) is 23.1 Å². The van der Waals surface area contributed by atoms with E-state index in [0.29, 0.717) is 30.4 Å². The number of anilines is 2. The van der Waals surface area contributed by atoms with Crippen molar-refractivity contribution >= 4 is 79.3 Å². The predicted molar refractivity (Wildman–Crippen MR) is 206 cm³/mol. The Labute approximate surface area is 343 Å². The molecule has 316 valence electrons. The van der Waals surface area contributed by atoms with Gasteiger partial charge in [-0.1, -0.05) is 31.9 Å². The fraction of sp³-hybridized carbons (Fsp3) is 0.500. The molecule has 0 spiro atoms. The first-order chi connectivity index (χ1) is 26.1. The molecule has 2 saturated heterocycles. The Bertz CT molecular complexity index is 1800. The largest absolute Gasteiger partial charge is 0.444 e. The molecule has 5 amide bonds. The molecule has 0 atom stereocenters. The van der Waals surface area contributed by atoms with Crippen molar-refractivity contribution in [2.24, 2.45) is 11.5 Å². The third kappa shape index (κ3) is 17.1. The maximum Gasteiger partial charge on any atom is 0.410 e. The summed E-state index contributed by atoms with van der Waals surface area (Å²) in [5.74, 6) is -4.39. The van der Waals surface area contributed by atoms with Crippen LogP contribution in [-0.2, 0) is 23.9 Å². The van der Waals surface area contributed by atoms with Crippen molar-refractivity contribution in [1.82, 2.24) is 9.80 Å². The van der Waals surface area contributed by atoms with Crippen LogP contribution >= 0.6 is 31.9 Å². The summed E-state index contributed by atoms with van der Waals surface area (Å²) in [6.45, 7) is 11.5. The van der Waals surface area contributed by atoms with E-state index >= 15 is 4.39 Å². The highest BCUT2D eigenvalue weighted by molar-refractivity contribution is 9.10. The van der Waals surface area contributed by atoms with E-state index in [-0.39, 0.29) is 59.5 Å². The summed E-state index contributed by atoms with van der Waals surface area (Å²) in [6, 6.07) is 4.80. The van der Waals surface area contributed by atoms with Crippen molar-refractivity contribution < 1.29 is 60.6 Å². The van der Waals surface area contributed by atoms with Crippen LogP contribution in [0.25, 0.3) is 0 Å². The number of rotatable bonds is 4. The minimum Gasteiger partial charge on any atom is -0.444 e. The van der Waals surface area contributed by atoms with Crippen molar-refractivity contribution in [1.29, 1.82) is 0 Å². The summed E-state index contributed by atoms with van der Waals surface area (Å²) < 4.78 is 66.0. The molecule has 57 heavy (non-hydrogen) atoms. The maximum atomic E-state index is 15.1. The molecule has 0 aliphatic carbocycles. The molecule has 2 heterocycles. The lowest BCUT2D eigenvalue weighted by Gasteiger charge is -2.36. The number of ether oxygens (including phenoxy) is 2. The molecule has 2 aromatic carbocycles. The summed E-state index contributed by atoms with van der Waals surface area (Å²) in [4.78, 5) is 77.4. The lowest BCUT2D eigenvalue weighted by atomic mass is 9.92. The summed E-state index contributed by atoms with van der Waals surface area (Å²) >= 11 is 6.04. The second kappa shape index (κ2) is 21.7. The Morgan fingerprint density at radius 1 is 0.772 bits per heavy atom. The van der Waals surface area contributed by atoms with Gasteiger partial charge in [0.25, 0.3) is 17.7 Å². The van der Waals surface area contributed by atoms with Crippen LogP contribution < -0.4 is 22.5 Å². The SMILES string of the molecule is CC(C)(C)OC(=O)N1CCC(F)(C(=O)Nc2c(F)cc(Br)cc2C(N)=O)CC1.CC(C)(C)OC(=O)N1CCC(F)CC1.NC(=O)c1cc(Br)cc(F)c1N.O=C=O. The van der Waals surface area contributed by atoms with Gasteiger partial charge in [-0.25, -0.2) is 27.2 Å². The van der Waals surface area contributed by atoms with E-state index in [2.05, 4.69) is 37.2 Å². The Balaban J connectivity index is 0.000000464. The third-order valence-electron chi connectivity index (χ3n) is 7.61. The zero-order valence-corrected chi connectivity index (χ0v) is 35.3. The Morgan fingerprint density at radius 3 is 1.56 bits per heavy atom. The van der Waals surface area contributed by atoms with Crippen LogP contribution in [0.2, 0.25) is 0 Å². The van der Waals surface area contributed by atoms with Crippen molar-refractivity contribution in [2.75, 3.05) is 37.2 Å². The number of benzene rings is 2. The van der Waals surface area contributed by atoms with Gasteiger partial charge < -0.3 is 41.8 Å². The number of hydrogen-bond donors (Lipinski definition) is 4. The molecule has 0 saturated carbocycles. The highest BCUT2D eigenvalue weighted by Crippen LogP contribution is 2.32. The molecule has 2 fully saturated rings. The zero-order chi connectivity index (χ0) is 44.1. The summed E-state index contributed by atoms with van der Waals surface area (Å²) in [5.41, 5.74) is 10.9. The average molecular weight is 943 g/mol. The van der Waals surface area contributed by atoms with Crippen LogP contribution in [-0.4, -0.2) is 95.1 Å². The molecule has 4 rings (SSSR count). The molecule has 0 aromatic heterocycles. The lowest BCUT2D eigenvalue weighted by molar-refractivity contribution is -0.191. The number of primary amides is 2. The molecule has 7 N–H and O–H groups in total. The molecule has 0 radical (unpaired) electrons. The van der Waals surface area contributed by atoms with E-state index < -0.39 is 64.2 Å². The van der Waals surface area contributed by atoms with Gasteiger partial charge in [-0.05, 0) is 78.6 Å². The number of piperidine rings is 2. The van der Waals surface area contributed by atoms with E-state index in [1.807, 2.05) is 20.8 Å². The van der Waals surface area contributed by atoms with Gasteiger partial charge in [0.05, 0.1) is 22.5 Å². The molecule has 2 aliphatic heterocycles. The topological polar surface area (TPSA) is 235 Å². The van der Waals surface area contributed by atoms with E-state index in [4.69, 9.17) is 36.3 Å². The van der Waals surface area contributed by atoms with Crippen LogP contribution in [0.3, 0.4) is 0 Å². The fourth-order valence-corrected chi connectivity index (χ4v) is 5.72. The predicted octanol–water partition coefficient (Wildman–Crippen LogP) is 6.41. The number of halogens is 6. The number of nitrogens with one attached hydrogen (secondary N) is 1. The van der Waals surface area contributed by atoms with Gasteiger partial charge >= 0.3 is 18.3 Å². The van der Waals surface area contributed by atoms with Gasteiger partial charge in [-0.2, -0.15) is 9.59 Å². The summed E-state index contributed by atoms with van der Waals surface area (Å²) in [7, 11) is 0. The number of carbonyl (C=O) groups excluding carboxylic acids is 7. The van der Waals surface area contributed by atoms with Crippen LogP contribution in [0.4, 0.5) is 38.5 Å². The molecule has 21 heteroatoms. The Morgan fingerprint density at radius 2 is 1.16 bits per heavy atom. The number of nitrogens with two attached hydrogens (primary N) is 3. The number of carbonyl (C=O) groups is 5. The number of nitrogen functional groups attached to an aromatic ring is 1. The number of amides is 5. The summed E-state index contributed by atoms with van der Waals surface area (Å²) in [5, 5.41) is 2.13. The molecule has 2 aliphatic rings. The van der Waals surface area contributed by atoms with Crippen molar-refractivity contribution in [2.45, 2.75) is 90.3 Å². The fourth-order valence-electron chi connectivity index (χ4n) is 4.86. The van der Waals surface area contributed by atoms with Crippen LogP contribution in [0.15, 0.2) is 33.2 Å². The van der Waals surface area contributed by atoms with Crippen molar-refractivity contribution in [3.8, 4) is 0 Å². The second-order valence-electron chi connectivity index (χ2n) is 14.5. The quantitative estimate of drug-likeness (QED) is 0.194. The standard InChI is InChI=1S/C18H22BrF2N3O4.C10H18FNO2.C7H6BrFN2O.CO2/c1-17(2,3)28-16(27)24-6-4-18(21,5-7-24)15(26)23-13-11(14(22)25)8-10(19)9-12(13)20;1-10(2,3)14-9(13)12-6-4-8(11)5-7-12;8-3-1-4(7(11)12)6(10)5(9)2-3;2-1-3/h8-9H,4-7H2,1-3H3,(H2,22,25)(H,23,26);8H,4-7H2,1-3H3;1-2H,10H2,(H2,11,12);. The van der Waals surface area contributed by atoms with Crippen molar-refractivity contribution in [3.63, 3.8) is 0 Å². The van der Waals surface area contributed by atoms with Gasteiger partial charge in [0.2, 0.25) is 0 Å². The normalized spacial score (nSPS) is 15.1. The second-order valence-corrected chi connectivity index (χ2v) is 16.3. The minimum absolute atomic E-state index is 0.0122. The number of hydrogen-bond acceptors (Lipinski definition) is 10.